The van der Waals surface area contributed by atoms with E-state index < -0.39 is 4.92 Å². The number of hydrogen-bond donors (Lipinski definition) is 0. The van der Waals surface area contributed by atoms with Crippen molar-refractivity contribution >= 4 is 29.3 Å². The first-order chi connectivity index (χ1) is 13.0. The zero-order chi connectivity index (χ0) is 19.4. The van der Waals surface area contributed by atoms with Crippen LogP contribution in [0.4, 0.5) is 5.69 Å². The van der Waals surface area contributed by atoms with Gasteiger partial charge in [-0.15, -0.1) is 11.8 Å². The van der Waals surface area contributed by atoms with Crippen LogP contribution in [0.15, 0.2) is 53.4 Å². The molecule has 2 amide bonds. The number of benzene rings is 2. The summed E-state index contributed by atoms with van der Waals surface area (Å²) in [6.45, 7) is 1.67. The molecule has 0 aliphatic carbocycles. The van der Waals surface area contributed by atoms with Gasteiger partial charge in [-0.05, 0) is 30.5 Å². The standard InChI is InChI=1S/C19H19N3O4S/c1-27-17-8-7-15(13-16(17)22(25)26)19(24)21-11-9-20(10-12-21)18(23)14-5-3-2-4-6-14/h2-8,13H,9-12H2,1H3. The molecule has 0 saturated carbocycles. The van der Waals surface area contributed by atoms with E-state index in [1.165, 1.54) is 17.8 Å². The van der Waals surface area contributed by atoms with E-state index in [0.29, 0.717) is 42.2 Å². The molecule has 0 bridgehead atoms. The summed E-state index contributed by atoms with van der Waals surface area (Å²) >= 11 is 1.27. The zero-order valence-electron chi connectivity index (χ0n) is 14.8. The first-order valence-electron chi connectivity index (χ1n) is 8.47. The summed E-state index contributed by atoms with van der Waals surface area (Å²) < 4.78 is 0. The minimum atomic E-state index is -0.473. The summed E-state index contributed by atoms with van der Waals surface area (Å²) in [4.78, 5) is 39.8. The Morgan fingerprint density at radius 3 is 2.00 bits per heavy atom. The summed E-state index contributed by atoms with van der Waals surface area (Å²) in [7, 11) is 0. The molecule has 2 aromatic rings. The molecule has 0 aromatic heterocycles. The second-order valence-corrected chi connectivity index (χ2v) is 6.94. The van der Waals surface area contributed by atoms with Crippen LogP contribution in [0.1, 0.15) is 20.7 Å². The second kappa shape index (κ2) is 8.22. The van der Waals surface area contributed by atoms with E-state index in [1.54, 1.807) is 40.3 Å². The molecule has 140 valence electrons. The van der Waals surface area contributed by atoms with Crippen molar-refractivity contribution in [2.45, 2.75) is 4.90 Å². The Kier molecular flexibility index (Phi) is 5.75. The number of hydrogen-bond acceptors (Lipinski definition) is 5. The molecule has 0 unspecified atom stereocenters. The Labute approximate surface area is 161 Å². The van der Waals surface area contributed by atoms with Gasteiger partial charge in [0.15, 0.2) is 0 Å². The molecule has 0 N–H and O–H groups in total. The smallest absolute Gasteiger partial charge is 0.283 e. The van der Waals surface area contributed by atoms with Gasteiger partial charge < -0.3 is 9.80 Å². The van der Waals surface area contributed by atoms with Crippen molar-refractivity contribution in [2.24, 2.45) is 0 Å². The lowest BCUT2D eigenvalue weighted by Crippen LogP contribution is -2.50. The lowest BCUT2D eigenvalue weighted by atomic mass is 10.1. The third-order valence-electron chi connectivity index (χ3n) is 4.50. The maximum atomic E-state index is 12.7. The molecule has 0 atom stereocenters. The van der Waals surface area contributed by atoms with Gasteiger partial charge in [-0.1, -0.05) is 18.2 Å². The number of thioether (sulfide) groups is 1. The fraction of sp³-hybridized carbons (Fsp3) is 0.263. The van der Waals surface area contributed by atoms with Gasteiger partial charge in [0.25, 0.3) is 17.5 Å². The van der Waals surface area contributed by atoms with Crippen molar-refractivity contribution in [1.29, 1.82) is 0 Å². The Bertz CT molecular complexity index is 865. The van der Waals surface area contributed by atoms with Crippen LogP contribution >= 0.6 is 11.8 Å². The predicted octanol–water partition coefficient (Wildman–Crippen LogP) is 2.91. The number of nitro groups is 1. The Balaban J connectivity index is 1.67. The van der Waals surface area contributed by atoms with Crippen molar-refractivity contribution in [3.05, 3.63) is 69.8 Å². The molecule has 3 rings (SSSR count). The largest absolute Gasteiger partial charge is 0.335 e. The minimum absolute atomic E-state index is 0.0531. The van der Waals surface area contributed by atoms with E-state index in [1.807, 2.05) is 18.2 Å². The summed E-state index contributed by atoms with van der Waals surface area (Å²) in [5, 5.41) is 11.2. The van der Waals surface area contributed by atoms with E-state index in [0.717, 1.165) is 0 Å². The third kappa shape index (κ3) is 4.11. The van der Waals surface area contributed by atoms with Gasteiger partial charge in [-0.3, -0.25) is 19.7 Å². The van der Waals surface area contributed by atoms with E-state index in [4.69, 9.17) is 0 Å². The van der Waals surface area contributed by atoms with Gasteiger partial charge in [-0.2, -0.15) is 0 Å². The number of carbonyl (C=O) groups excluding carboxylic acids is 2. The molecule has 1 aliphatic heterocycles. The molecule has 1 aliphatic rings. The van der Waals surface area contributed by atoms with Crippen LogP contribution in [0.25, 0.3) is 0 Å². The molecule has 2 aromatic carbocycles. The molecule has 8 heteroatoms. The van der Waals surface area contributed by atoms with Crippen LogP contribution in [-0.2, 0) is 0 Å². The Morgan fingerprint density at radius 2 is 1.48 bits per heavy atom. The van der Waals surface area contributed by atoms with Crippen LogP contribution in [0.3, 0.4) is 0 Å². The number of nitro benzene ring substituents is 1. The fourth-order valence-electron chi connectivity index (χ4n) is 3.02. The highest BCUT2D eigenvalue weighted by atomic mass is 32.2. The van der Waals surface area contributed by atoms with Gasteiger partial charge in [0.2, 0.25) is 0 Å². The quantitative estimate of drug-likeness (QED) is 0.459. The fourth-order valence-corrected chi connectivity index (χ4v) is 3.57. The molecular weight excluding hydrogens is 366 g/mol. The zero-order valence-corrected chi connectivity index (χ0v) is 15.6. The highest BCUT2D eigenvalue weighted by Crippen LogP contribution is 2.28. The molecule has 27 heavy (non-hydrogen) atoms. The SMILES string of the molecule is CSc1ccc(C(=O)N2CCN(C(=O)c3ccccc3)CC2)cc1[N+](=O)[O-]. The minimum Gasteiger partial charge on any atom is -0.335 e. The Morgan fingerprint density at radius 1 is 0.926 bits per heavy atom. The van der Waals surface area contributed by atoms with Crippen molar-refractivity contribution in [3.63, 3.8) is 0 Å². The number of piperazine rings is 1. The second-order valence-electron chi connectivity index (χ2n) is 6.09. The van der Waals surface area contributed by atoms with Crippen LogP contribution < -0.4 is 0 Å². The van der Waals surface area contributed by atoms with Crippen LogP contribution in [0.2, 0.25) is 0 Å². The molecule has 1 fully saturated rings. The van der Waals surface area contributed by atoms with Gasteiger partial charge in [0.05, 0.1) is 9.82 Å². The van der Waals surface area contributed by atoms with E-state index in [-0.39, 0.29) is 17.5 Å². The summed E-state index contributed by atoms with van der Waals surface area (Å²) in [5.41, 5.74) is 0.856. The van der Waals surface area contributed by atoms with Crippen molar-refractivity contribution in [3.8, 4) is 0 Å². The molecule has 1 heterocycles. The van der Waals surface area contributed by atoms with Crippen LogP contribution in [-0.4, -0.2) is 59.0 Å². The van der Waals surface area contributed by atoms with Crippen molar-refractivity contribution < 1.29 is 14.5 Å². The first kappa shape index (κ1) is 18.9. The van der Waals surface area contributed by atoms with Crippen molar-refractivity contribution in [1.82, 2.24) is 9.80 Å². The summed E-state index contributed by atoms with van der Waals surface area (Å²) in [5.74, 6) is -0.305. The number of amides is 2. The number of nitrogens with zero attached hydrogens (tertiary/aromatic N) is 3. The maximum absolute atomic E-state index is 12.7. The van der Waals surface area contributed by atoms with Gasteiger partial charge >= 0.3 is 0 Å². The molecule has 7 nitrogen and oxygen atoms in total. The molecule has 1 saturated heterocycles. The molecule has 0 radical (unpaired) electrons. The van der Waals surface area contributed by atoms with Crippen LogP contribution in [0.5, 0.6) is 0 Å². The predicted molar refractivity (Wildman–Crippen MR) is 103 cm³/mol. The normalized spacial score (nSPS) is 14.1. The first-order valence-corrected chi connectivity index (χ1v) is 9.69. The van der Waals surface area contributed by atoms with Gasteiger partial charge in [-0.25, -0.2) is 0 Å². The molecular formula is C19H19N3O4S. The topological polar surface area (TPSA) is 83.8 Å². The number of carbonyl (C=O) groups is 2. The average Bonchev–Trinajstić information content (AvgIpc) is 2.73. The third-order valence-corrected chi connectivity index (χ3v) is 5.28. The van der Waals surface area contributed by atoms with E-state index in [9.17, 15) is 19.7 Å². The van der Waals surface area contributed by atoms with Gasteiger partial charge in [0.1, 0.15) is 0 Å². The maximum Gasteiger partial charge on any atom is 0.283 e. The Hall–Kier alpha value is -2.87. The molecule has 0 spiro atoms. The monoisotopic (exact) mass is 385 g/mol. The van der Waals surface area contributed by atoms with E-state index >= 15 is 0 Å². The summed E-state index contributed by atoms with van der Waals surface area (Å²) in [6, 6.07) is 13.6. The van der Waals surface area contributed by atoms with E-state index in [2.05, 4.69) is 0 Å². The average molecular weight is 385 g/mol. The lowest BCUT2D eigenvalue weighted by molar-refractivity contribution is -0.387. The summed E-state index contributed by atoms with van der Waals surface area (Å²) in [6.07, 6.45) is 1.76. The van der Waals surface area contributed by atoms with Crippen LogP contribution in [0, 0.1) is 10.1 Å². The number of rotatable bonds is 4. The lowest BCUT2D eigenvalue weighted by Gasteiger charge is -2.34. The van der Waals surface area contributed by atoms with Gasteiger partial charge in [0, 0.05) is 43.4 Å². The van der Waals surface area contributed by atoms with Crippen molar-refractivity contribution in [2.75, 3.05) is 32.4 Å². The highest BCUT2D eigenvalue weighted by molar-refractivity contribution is 7.98. The highest BCUT2D eigenvalue weighted by Gasteiger charge is 2.26.